The second kappa shape index (κ2) is 25.1. The average molecular weight is 872 g/mol. The Bertz CT molecular complexity index is 1540. The summed E-state index contributed by atoms with van der Waals surface area (Å²) >= 11 is 0. The van der Waals surface area contributed by atoms with Gasteiger partial charge in [-0.1, -0.05) is 44.4 Å². The minimum Gasteiger partial charge on any atom is -0.494 e. The van der Waals surface area contributed by atoms with E-state index in [1.165, 1.54) is 51.8 Å². The van der Waals surface area contributed by atoms with Gasteiger partial charge in [0, 0.05) is 26.5 Å². The highest BCUT2D eigenvalue weighted by molar-refractivity contribution is 5.94. The summed E-state index contributed by atoms with van der Waals surface area (Å²) in [5.74, 6) is -1.53. The van der Waals surface area contributed by atoms with Crippen LogP contribution in [0, 0.1) is 0 Å². The molecule has 20 nitrogen and oxygen atoms in total. The van der Waals surface area contributed by atoms with Crippen molar-refractivity contribution in [3.05, 3.63) is 42.0 Å². The van der Waals surface area contributed by atoms with Gasteiger partial charge in [0.1, 0.15) is 78.8 Å². The van der Waals surface area contributed by atoms with E-state index in [9.17, 15) is 50.1 Å². The first-order valence-electron chi connectivity index (χ1n) is 20.9. The number of carbonyl (C=O) groups is 3. The fourth-order valence-corrected chi connectivity index (χ4v) is 7.50. The molecule has 20 heteroatoms. The number of rotatable bonds is 22. The van der Waals surface area contributed by atoms with Crippen molar-refractivity contribution < 1.29 is 83.3 Å². The lowest BCUT2D eigenvalue weighted by molar-refractivity contribution is -0.352. The molecule has 0 aromatic heterocycles. The lowest BCUT2D eigenvalue weighted by Gasteiger charge is -2.50. The predicted octanol–water partition coefficient (Wildman–Crippen LogP) is -1.51. The Labute approximate surface area is 355 Å². The molecule has 0 saturated carbocycles. The van der Waals surface area contributed by atoms with Crippen molar-refractivity contribution in [2.45, 2.75) is 158 Å². The van der Waals surface area contributed by atoms with Gasteiger partial charge in [-0.05, 0) is 43.9 Å². The van der Waals surface area contributed by atoms with Gasteiger partial charge >= 0.3 is 0 Å². The topological polar surface area (TPSA) is 294 Å². The molecule has 6 unspecified atom stereocenters. The molecule has 346 valence electrons. The number of aliphatic hydroxyl groups is 7. The van der Waals surface area contributed by atoms with Crippen molar-refractivity contribution in [3.63, 3.8) is 0 Å². The molecule has 3 aliphatic heterocycles. The maximum Gasteiger partial charge on any atom is 0.251 e. The van der Waals surface area contributed by atoms with Crippen LogP contribution in [0.25, 0.3) is 0 Å². The lowest BCUT2D eigenvalue weighted by Crippen LogP contribution is -2.71. The summed E-state index contributed by atoms with van der Waals surface area (Å²) < 4.78 is 40.8. The van der Waals surface area contributed by atoms with Crippen LogP contribution in [0.3, 0.4) is 0 Å². The second-order valence-corrected chi connectivity index (χ2v) is 15.4. The predicted molar refractivity (Wildman–Crippen MR) is 214 cm³/mol. The van der Waals surface area contributed by atoms with E-state index in [1.807, 2.05) is 0 Å². The van der Waals surface area contributed by atoms with Gasteiger partial charge < -0.3 is 84.9 Å². The molecular weight excluding hydrogens is 806 g/mol. The first kappa shape index (κ1) is 50.3. The van der Waals surface area contributed by atoms with E-state index in [0.29, 0.717) is 12.4 Å². The standard InChI is InChI=1S/C41H65N3O17/c1-5-6-7-8-9-10-11-12-13-17-56-25-16-14-15-24(18-25)38(54)44-29-33(51)32(50)26(19-45)57-40(29)60-37-28(21-47)59-41(31(35(37)53)43-23(3)49)61-36-27(20-46)58-39(55-4)30(34(36)52)42-22(2)48/h10-11,14-16,18,26-37,39-41,45-47,50-53H,5-9,12-13,17,19-21H2,1-4H3,(H,42,48)(H,43,49)(H,44,54)/b11-10-/t26?,27?,28-,29?,30-,31?,32+,33+,34+,35?,36?,37+,39+,40-,41-/m0/s1. The molecule has 3 fully saturated rings. The monoisotopic (exact) mass is 871 g/mol. The Morgan fingerprint density at radius 3 is 1.74 bits per heavy atom. The first-order valence-corrected chi connectivity index (χ1v) is 20.9. The summed E-state index contributed by atoms with van der Waals surface area (Å²) in [6, 6.07) is 2.06. The van der Waals surface area contributed by atoms with Gasteiger partial charge in [0.2, 0.25) is 11.8 Å². The average Bonchev–Trinajstić information content (AvgIpc) is 3.24. The largest absolute Gasteiger partial charge is 0.494 e. The number of allylic oxidation sites excluding steroid dienone is 2. The van der Waals surface area contributed by atoms with E-state index in [1.54, 1.807) is 12.1 Å². The van der Waals surface area contributed by atoms with Crippen LogP contribution in [0.2, 0.25) is 0 Å². The fourth-order valence-electron chi connectivity index (χ4n) is 7.50. The molecule has 3 saturated heterocycles. The number of unbranched alkanes of at least 4 members (excludes halogenated alkanes) is 5. The van der Waals surface area contributed by atoms with Crippen LogP contribution in [-0.2, 0) is 38.0 Å². The maximum absolute atomic E-state index is 13.7. The summed E-state index contributed by atoms with van der Waals surface area (Å²) in [7, 11) is 1.26. The van der Waals surface area contributed by atoms with Crippen LogP contribution < -0.4 is 20.7 Å². The van der Waals surface area contributed by atoms with Crippen LogP contribution in [-0.4, -0.2) is 179 Å². The Morgan fingerprint density at radius 1 is 0.672 bits per heavy atom. The van der Waals surface area contributed by atoms with Gasteiger partial charge in [-0.15, -0.1) is 0 Å². The van der Waals surface area contributed by atoms with Gasteiger partial charge in [-0.2, -0.15) is 0 Å². The van der Waals surface area contributed by atoms with Crippen molar-refractivity contribution >= 4 is 17.7 Å². The third-order valence-corrected chi connectivity index (χ3v) is 10.7. The molecule has 0 radical (unpaired) electrons. The van der Waals surface area contributed by atoms with Crippen molar-refractivity contribution in [1.82, 2.24) is 16.0 Å². The fraction of sp³-hybridized carbons (Fsp3) is 0.732. The van der Waals surface area contributed by atoms with Gasteiger partial charge in [0.25, 0.3) is 5.91 Å². The molecule has 0 spiro atoms. The first-order chi connectivity index (χ1) is 29.3. The van der Waals surface area contributed by atoms with Crippen molar-refractivity contribution in [2.75, 3.05) is 33.5 Å². The number of benzene rings is 1. The molecule has 15 atom stereocenters. The highest BCUT2D eigenvalue weighted by Crippen LogP contribution is 2.33. The van der Waals surface area contributed by atoms with E-state index in [4.69, 9.17) is 33.2 Å². The number of hydrogen-bond acceptors (Lipinski definition) is 17. The molecule has 1 aromatic rings. The number of ether oxygens (including phenoxy) is 7. The molecule has 4 rings (SSSR count). The van der Waals surface area contributed by atoms with Crippen LogP contribution >= 0.6 is 0 Å². The smallest absolute Gasteiger partial charge is 0.251 e. The van der Waals surface area contributed by atoms with Crippen molar-refractivity contribution in [3.8, 4) is 5.75 Å². The lowest BCUT2D eigenvalue weighted by atomic mass is 9.93. The molecule has 3 aliphatic rings. The molecule has 61 heavy (non-hydrogen) atoms. The molecule has 10 N–H and O–H groups in total. The van der Waals surface area contributed by atoms with Gasteiger partial charge in [0.05, 0.1) is 26.4 Å². The number of hydrogen-bond donors (Lipinski definition) is 10. The van der Waals surface area contributed by atoms with E-state index >= 15 is 0 Å². The number of nitrogens with one attached hydrogen (secondary N) is 3. The third kappa shape index (κ3) is 13.8. The summed E-state index contributed by atoms with van der Waals surface area (Å²) in [6.45, 7) is 2.58. The minimum atomic E-state index is -1.81. The zero-order valence-corrected chi connectivity index (χ0v) is 35.1. The highest BCUT2D eigenvalue weighted by atomic mass is 16.7. The SMILES string of the molecule is CCCCCC/C=C\CCCOc1cccc(C(=O)NC2[C@H](O[C@H]3C(O)C(NC(C)=O)[C@H](OC4C(CO)O[C@@H](OC)[C@@H](NC(C)=O)[C@H]4O)O[C@H]3CO)OC(CO)[C@@H](O)[C@@H]2O)c1. The van der Waals surface area contributed by atoms with Crippen molar-refractivity contribution in [1.29, 1.82) is 0 Å². The Balaban J connectivity index is 1.49. The maximum atomic E-state index is 13.7. The molecule has 0 aliphatic carbocycles. The van der Waals surface area contributed by atoms with Crippen LogP contribution in [0.1, 0.15) is 76.1 Å². The minimum absolute atomic E-state index is 0.127. The Morgan fingerprint density at radius 2 is 1.20 bits per heavy atom. The van der Waals surface area contributed by atoms with Crippen LogP contribution in [0.15, 0.2) is 36.4 Å². The summed E-state index contributed by atoms with van der Waals surface area (Å²) in [5, 5.41) is 83.4. The molecular formula is C41H65N3O17. The number of amides is 3. The molecule has 3 heterocycles. The van der Waals surface area contributed by atoms with Gasteiger partial charge in [-0.25, -0.2) is 0 Å². The van der Waals surface area contributed by atoms with Crippen LogP contribution in [0.5, 0.6) is 5.75 Å². The number of carbonyl (C=O) groups excluding carboxylic acids is 3. The highest BCUT2D eigenvalue weighted by Gasteiger charge is 2.54. The Hall–Kier alpha value is -3.35. The quantitative estimate of drug-likeness (QED) is 0.0468. The van der Waals surface area contributed by atoms with Gasteiger partial charge in [-0.3, -0.25) is 14.4 Å². The third-order valence-electron chi connectivity index (χ3n) is 10.7. The van der Waals surface area contributed by atoms with E-state index < -0.39 is 129 Å². The van der Waals surface area contributed by atoms with Crippen LogP contribution in [0.4, 0.5) is 0 Å². The normalized spacial score (nSPS) is 34.2. The number of aliphatic hydroxyl groups excluding tert-OH is 7. The molecule has 0 bridgehead atoms. The summed E-state index contributed by atoms with van der Waals surface area (Å²) in [5.41, 5.74) is 0.127. The van der Waals surface area contributed by atoms with Crippen molar-refractivity contribution in [2.24, 2.45) is 0 Å². The zero-order valence-electron chi connectivity index (χ0n) is 35.1. The Kier molecular flexibility index (Phi) is 20.7. The zero-order chi connectivity index (χ0) is 44.6. The summed E-state index contributed by atoms with van der Waals surface area (Å²) in [4.78, 5) is 38.1. The van der Waals surface area contributed by atoms with E-state index in [-0.39, 0.29) is 5.56 Å². The molecule has 1 aromatic carbocycles. The second-order valence-electron chi connectivity index (χ2n) is 15.4. The van der Waals surface area contributed by atoms with E-state index in [2.05, 4.69) is 35.0 Å². The molecule has 3 amide bonds. The summed E-state index contributed by atoms with van der Waals surface area (Å²) in [6.07, 6.45) is -6.93. The van der Waals surface area contributed by atoms with Gasteiger partial charge in [0.15, 0.2) is 18.9 Å². The number of methoxy groups -OCH3 is 1. The van der Waals surface area contributed by atoms with E-state index in [0.717, 1.165) is 26.2 Å².